The van der Waals surface area contributed by atoms with Crippen LogP contribution in [0.1, 0.15) is 21.7 Å². The summed E-state index contributed by atoms with van der Waals surface area (Å²) in [5.74, 6) is -0.194. The van der Waals surface area contributed by atoms with Crippen molar-refractivity contribution in [3.63, 3.8) is 0 Å². The van der Waals surface area contributed by atoms with Crippen LogP contribution in [0.25, 0.3) is 0 Å². The lowest BCUT2D eigenvalue weighted by molar-refractivity contribution is 0.102. The van der Waals surface area contributed by atoms with Crippen LogP contribution in [0.5, 0.6) is 0 Å². The fourth-order valence-electron chi connectivity index (χ4n) is 1.56. The summed E-state index contributed by atoms with van der Waals surface area (Å²) in [6.07, 6.45) is 0. The Morgan fingerprint density at radius 2 is 2.17 bits per heavy atom. The van der Waals surface area contributed by atoms with Gasteiger partial charge in [-0.25, -0.2) is 0 Å². The maximum Gasteiger partial charge on any atom is 0.255 e. The van der Waals surface area contributed by atoms with E-state index in [1.807, 2.05) is 13.8 Å². The molecule has 0 aliphatic rings. The summed E-state index contributed by atoms with van der Waals surface area (Å²) in [6.45, 7) is 3.68. The van der Waals surface area contributed by atoms with Crippen molar-refractivity contribution < 1.29 is 4.79 Å². The van der Waals surface area contributed by atoms with E-state index in [-0.39, 0.29) is 5.91 Å². The molecule has 2 N–H and O–H groups in total. The minimum absolute atomic E-state index is 0.194. The average molecular weight is 329 g/mol. The first-order valence-electron chi connectivity index (χ1n) is 5.27. The van der Waals surface area contributed by atoms with Gasteiger partial charge in [-0.1, -0.05) is 11.6 Å². The van der Waals surface area contributed by atoms with Gasteiger partial charge in [-0.05, 0) is 48.0 Å². The SMILES string of the molecule is Cc1n[nH]c(C)c1NC(=O)c1ccc(Cl)c(Br)c1. The highest BCUT2D eigenvalue weighted by Crippen LogP contribution is 2.24. The molecule has 0 spiro atoms. The van der Waals surface area contributed by atoms with Gasteiger partial charge in [-0.2, -0.15) is 5.10 Å². The number of benzene rings is 1. The molecule has 1 aromatic heterocycles. The van der Waals surface area contributed by atoms with Crippen molar-refractivity contribution >= 4 is 39.1 Å². The average Bonchev–Trinajstić information content (AvgIpc) is 2.64. The highest BCUT2D eigenvalue weighted by Gasteiger charge is 2.12. The predicted molar refractivity (Wildman–Crippen MR) is 75.2 cm³/mol. The van der Waals surface area contributed by atoms with Crippen LogP contribution < -0.4 is 5.32 Å². The van der Waals surface area contributed by atoms with Crippen molar-refractivity contribution in [3.05, 3.63) is 44.6 Å². The van der Waals surface area contributed by atoms with Gasteiger partial charge in [0.25, 0.3) is 5.91 Å². The Balaban J connectivity index is 2.25. The molecule has 4 nitrogen and oxygen atoms in total. The number of carbonyl (C=O) groups excluding carboxylic acids is 1. The summed E-state index contributed by atoms with van der Waals surface area (Å²) in [4.78, 5) is 12.1. The summed E-state index contributed by atoms with van der Waals surface area (Å²) < 4.78 is 0.692. The van der Waals surface area contributed by atoms with E-state index in [1.54, 1.807) is 18.2 Å². The number of aromatic amines is 1. The molecule has 1 heterocycles. The van der Waals surface area contributed by atoms with Gasteiger partial charge >= 0.3 is 0 Å². The standard InChI is InChI=1S/C12H11BrClN3O/c1-6-11(7(2)17-16-6)15-12(18)8-3-4-10(14)9(13)5-8/h3-5H,1-2H3,(H,15,18)(H,16,17). The van der Waals surface area contributed by atoms with Crippen molar-refractivity contribution in [1.29, 1.82) is 0 Å². The van der Waals surface area contributed by atoms with E-state index < -0.39 is 0 Å². The molecule has 0 atom stereocenters. The monoisotopic (exact) mass is 327 g/mol. The van der Waals surface area contributed by atoms with Crippen LogP contribution in [0, 0.1) is 13.8 Å². The van der Waals surface area contributed by atoms with Crippen LogP contribution >= 0.6 is 27.5 Å². The fraction of sp³-hybridized carbons (Fsp3) is 0.167. The number of aromatic nitrogens is 2. The Morgan fingerprint density at radius 1 is 1.44 bits per heavy atom. The topological polar surface area (TPSA) is 57.8 Å². The molecule has 0 unspecified atom stereocenters. The molecular formula is C12H11BrClN3O. The molecule has 0 saturated heterocycles. The summed E-state index contributed by atoms with van der Waals surface area (Å²) in [7, 11) is 0. The zero-order chi connectivity index (χ0) is 13.3. The van der Waals surface area contributed by atoms with Crippen LogP contribution in [-0.2, 0) is 0 Å². The van der Waals surface area contributed by atoms with Crippen LogP contribution in [0.4, 0.5) is 5.69 Å². The number of aryl methyl sites for hydroxylation is 2. The zero-order valence-electron chi connectivity index (χ0n) is 9.84. The normalized spacial score (nSPS) is 10.4. The maximum absolute atomic E-state index is 12.1. The van der Waals surface area contributed by atoms with Gasteiger partial charge in [0, 0.05) is 10.0 Å². The summed E-state index contributed by atoms with van der Waals surface area (Å²) in [5, 5.41) is 10.2. The van der Waals surface area contributed by atoms with Gasteiger partial charge < -0.3 is 5.32 Å². The van der Waals surface area contributed by atoms with E-state index in [0.717, 1.165) is 11.4 Å². The molecule has 0 bridgehead atoms. The molecule has 94 valence electrons. The molecule has 0 aliphatic heterocycles. The molecule has 1 amide bonds. The molecule has 0 fully saturated rings. The highest BCUT2D eigenvalue weighted by molar-refractivity contribution is 9.10. The number of halogens is 2. The van der Waals surface area contributed by atoms with Gasteiger partial charge in [0.15, 0.2) is 0 Å². The van der Waals surface area contributed by atoms with Gasteiger partial charge in [-0.3, -0.25) is 9.89 Å². The van der Waals surface area contributed by atoms with Crippen molar-refractivity contribution in [3.8, 4) is 0 Å². The van der Waals surface area contributed by atoms with Gasteiger partial charge in [0.2, 0.25) is 0 Å². The first-order valence-corrected chi connectivity index (χ1v) is 6.44. The zero-order valence-corrected chi connectivity index (χ0v) is 12.2. The number of hydrogen-bond acceptors (Lipinski definition) is 2. The smallest absolute Gasteiger partial charge is 0.255 e. The quantitative estimate of drug-likeness (QED) is 0.883. The van der Waals surface area contributed by atoms with Crippen LogP contribution in [0.3, 0.4) is 0 Å². The van der Waals surface area contributed by atoms with Crippen molar-refractivity contribution in [2.24, 2.45) is 0 Å². The Kier molecular flexibility index (Phi) is 3.73. The minimum Gasteiger partial charge on any atom is -0.319 e. The number of H-pyrrole nitrogens is 1. The third-order valence-electron chi connectivity index (χ3n) is 2.55. The van der Waals surface area contributed by atoms with E-state index in [4.69, 9.17) is 11.6 Å². The Bertz CT molecular complexity index is 590. The highest BCUT2D eigenvalue weighted by atomic mass is 79.9. The number of anilines is 1. The van der Waals surface area contributed by atoms with Crippen molar-refractivity contribution in [2.45, 2.75) is 13.8 Å². The van der Waals surface area contributed by atoms with E-state index in [9.17, 15) is 4.79 Å². The molecule has 2 rings (SSSR count). The van der Waals surface area contributed by atoms with Crippen LogP contribution in [-0.4, -0.2) is 16.1 Å². The number of carbonyl (C=O) groups is 1. The van der Waals surface area contributed by atoms with Crippen LogP contribution in [0.15, 0.2) is 22.7 Å². The second kappa shape index (κ2) is 5.12. The number of amides is 1. The van der Waals surface area contributed by atoms with E-state index in [1.165, 1.54) is 0 Å². The third-order valence-corrected chi connectivity index (χ3v) is 3.76. The number of hydrogen-bond donors (Lipinski definition) is 2. The molecule has 18 heavy (non-hydrogen) atoms. The summed E-state index contributed by atoms with van der Waals surface area (Å²) >= 11 is 9.18. The lowest BCUT2D eigenvalue weighted by Gasteiger charge is -2.06. The Morgan fingerprint density at radius 3 is 2.72 bits per heavy atom. The Labute approximate surface area is 118 Å². The molecule has 0 saturated carbocycles. The predicted octanol–water partition coefficient (Wildman–Crippen LogP) is 3.69. The van der Waals surface area contributed by atoms with E-state index >= 15 is 0 Å². The van der Waals surface area contributed by atoms with Crippen LogP contribution in [0.2, 0.25) is 5.02 Å². The maximum atomic E-state index is 12.1. The largest absolute Gasteiger partial charge is 0.319 e. The number of rotatable bonds is 2. The first kappa shape index (κ1) is 13.1. The van der Waals surface area contributed by atoms with Crippen molar-refractivity contribution in [1.82, 2.24) is 10.2 Å². The van der Waals surface area contributed by atoms with E-state index in [2.05, 4.69) is 31.4 Å². The molecule has 2 aromatic rings. The fourth-order valence-corrected chi connectivity index (χ4v) is 2.05. The van der Waals surface area contributed by atoms with Gasteiger partial charge in [0.05, 0.1) is 22.1 Å². The number of nitrogens with one attached hydrogen (secondary N) is 2. The molecule has 0 radical (unpaired) electrons. The lowest BCUT2D eigenvalue weighted by Crippen LogP contribution is -2.12. The third kappa shape index (κ3) is 2.57. The summed E-state index contributed by atoms with van der Waals surface area (Å²) in [6, 6.07) is 5.03. The molecule has 6 heteroatoms. The lowest BCUT2D eigenvalue weighted by atomic mass is 10.2. The first-order chi connectivity index (χ1) is 8.49. The van der Waals surface area contributed by atoms with Gasteiger partial charge in [0.1, 0.15) is 0 Å². The molecule has 1 aromatic carbocycles. The van der Waals surface area contributed by atoms with E-state index in [0.29, 0.717) is 20.7 Å². The second-order valence-corrected chi connectivity index (χ2v) is 5.15. The van der Waals surface area contributed by atoms with Crippen molar-refractivity contribution in [2.75, 3.05) is 5.32 Å². The number of nitrogens with zero attached hydrogens (tertiary/aromatic N) is 1. The molecular weight excluding hydrogens is 318 g/mol. The summed E-state index contributed by atoms with van der Waals surface area (Å²) in [5.41, 5.74) is 2.83. The second-order valence-electron chi connectivity index (χ2n) is 3.89. The molecule has 0 aliphatic carbocycles. The van der Waals surface area contributed by atoms with Gasteiger partial charge in [-0.15, -0.1) is 0 Å². The Hall–Kier alpha value is -1.33. The minimum atomic E-state index is -0.194.